The molecule has 0 atom stereocenters. The molecule has 2 aromatic carbocycles. The van der Waals surface area contributed by atoms with E-state index in [1.54, 1.807) is 42.5 Å². The summed E-state index contributed by atoms with van der Waals surface area (Å²) in [5.74, 6) is 4.24. The molecular formula is C22H27N4O2-. The van der Waals surface area contributed by atoms with Gasteiger partial charge in [0.05, 0.1) is 5.69 Å². The highest BCUT2D eigenvalue weighted by atomic mass is 16.5. The molecule has 4 aliphatic rings. The van der Waals surface area contributed by atoms with E-state index in [2.05, 4.69) is 5.43 Å². The molecule has 0 radical (unpaired) electrons. The van der Waals surface area contributed by atoms with E-state index in [9.17, 15) is 5.21 Å². The van der Waals surface area contributed by atoms with Crippen molar-refractivity contribution in [3.05, 3.63) is 47.7 Å². The maximum atomic E-state index is 12.7. The predicted octanol–water partition coefficient (Wildman–Crippen LogP) is 4.28. The van der Waals surface area contributed by atoms with Crippen LogP contribution in [-0.2, 0) is 0 Å². The lowest BCUT2D eigenvalue weighted by molar-refractivity contribution is -0.0136. The van der Waals surface area contributed by atoms with Crippen LogP contribution in [0.25, 0.3) is 0 Å². The van der Waals surface area contributed by atoms with Gasteiger partial charge in [0.25, 0.3) is 0 Å². The highest BCUT2D eigenvalue weighted by molar-refractivity contribution is 5.61. The Kier molecular flexibility index (Phi) is 4.33. The van der Waals surface area contributed by atoms with Crippen molar-refractivity contribution < 1.29 is 4.74 Å². The van der Waals surface area contributed by atoms with Gasteiger partial charge in [0.2, 0.25) is 0 Å². The fourth-order valence-electron chi connectivity index (χ4n) is 5.76. The first kappa shape index (κ1) is 17.6. The smallest absolute Gasteiger partial charge is 0.152 e. The molecule has 4 fully saturated rings. The van der Waals surface area contributed by atoms with E-state index in [0.717, 1.165) is 17.0 Å². The topological polar surface area (TPSA) is 99.6 Å². The van der Waals surface area contributed by atoms with Crippen LogP contribution in [0.1, 0.15) is 32.1 Å². The first-order valence-corrected chi connectivity index (χ1v) is 10.2. The SMILES string of the molecule is Nc1ccc(N)c(Oc2ccc(N([O-])NC3C4CC5CC(C4)CC3C5)cc2)c1. The van der Waals surface area contributed by atoms with Gasteiger partial charge < -0.3 is 26.6 Å². The molecule has 0 saturated heterocycles. The van der Waals surface area contributed by atoms with Crippen LogP contribution >= 0.6 is 0 Å². The van der Waals surface area contributed by atoms with Gasteiger partial charge in [-0.2, -0.15) is 0 Å². The zero-order valence-corrected chi connectivity index (χ0v) is 15.9. The van der Waals surface area contributed by atoms with Crippen LogP contribution in [0.5, 0.6) is 11.5 Å². The third-order valence-corrected chi connectivity index (χ3v) is 6.83. The van der Waals surface area contributed by atoms with Gasteiger partial charge in [-0.3, -0.25) is 0 Å². The molecule has 148 valence electrons. The maximum absolute atomic E-state index is 12.7. The van der Waals surface area contributed by atoms with Crippen LogP contribution in [0.4, 0.5) is 17.1 Å². The van der Waals surface area contributed by atoms with Crippen molar-refractivity contribution in [2.24, 2.45) is 23.7 Å². The number of nitrogen functional groups attached to an aromatic ring is 2. The van der Waals surface area contributed by atoms with Gasteiger partial charge in [-0.1, -0.05) is 0 Å². The number of hydrazine groups is 1. The number of hydrogen-bond acceptors (Lipinski definition) is 6. The molecular weight excluding hydrogens is 352 g/mol. The van der Waals surface area contributed by atoms with Crippen LogP contribution in [0.15, 0.2) is 42.5 Å². The van der Waals surface area contributed by atoms with Crippen molar-refractivity contribution in [1.29, 1.82) is 0 Å². The largest absolute Gasteiger partial charge is 0.743 e. The molecule has 6 heteroatoms. The van der Waals surface area contributed by atoms with Crippen molar-refractivity contribution in [2.75, 3.05) is 16.6 Å². The third kappa shape index (κ3) is 3.27. The lowest BCUT2D eigenvalue weighted by Gasteiger charge is -2.56. The standard InChI is InChI=1S/C22H27N4O2/c23-17-1-6-20(24)21(12-17)28-19-4-2-18(3-5-19)26(27)25-22-15-8-13-7-14(10-15)11-16(22)9-13/h1-6,12-16,22,25H,7-11,23-24H2/q-1. The Hall–Kier alpha value is -2.44. The van der Waals surface area contributed by atoms with E-state index >= 15 is 0 Å². The highest BCUT2D eigenvalue weighted by Gasteiger charge is 2.48. The number of anilines is 3. The zero-order valence-electron chi connectivity index (χ0n) is 15.9. The third-order valence-electron chi connectivity index (χ3n) is 6.83. The van der Waals surface area contributed by atoms with Gasteiger partial charge in [-0.05, 0) is 92.2 Å². The fourth-order valence-corrected chi connectivity index (χ4v) is 5.76. The lowest BCUT2D eigenvalue weighted by atomic mass is 9.54. The summed E-state index contributed by atoms with van der Waals surface area (Å²) in [5, 5.41) is 13.7. The lowest BCUT2D eigenvalue weighted by Crippen LogP contribution is -2.57. The van der Waals surface area contributed by atoms with Crippen molar-refractivity contribution in [3.8, 4) is 11.5 Å². The Labute approximate surface area is 165 Å². The minimum atomic E-state index is 0.313. The van der Waals surface area contributed by atoms with E-state index in [0.29, 0.717) is 46.4 Å². The minimum absolute atomic E-state index is 0.313. The Balaban J connectivity index is 1.25. The van der Waals surface area contributed by atoms with Crippen LogP contribution in [0.2, 0.25) is 0 Å². The Morgan fingerprint density at radius 2 is 1.54 bits per heavy atom. The first-order valence-electron chi connectivity index (χ1n) is 10.2. The van der Waals surface area contributed by atoms with Gasteiger partial charge in [0.1, 0.15) is 5.75 Å². The number of nitrogens with one attached hydrogen (secondary N) is 1. The van der Waals surface area contributed by atoms with Crippen LogP contribution in [0, 0.1) is 28.9 Å². The molecule has 6 rings (SSSR count). The summed E-state index contributed by atoms with van der Waals surface area (Å²) < 4.78 is 5.81. The van der Waals surface area contributed by atoms with Gasteiger partial charge in [0.15, 0.2) is 5.75 Å². The average molecular weight is 379 g/mol. The Morgan fingerprint density at radius 3 is 2.18 bits per heavy atom. The number of benzene rings is 2. The quantitative estimate of drug-likeness (QED) is 0.530. The average Bonchev–Trinajstić information content (AvgIpc) is 2.67. The molecule has 5 N–H and O–H groups in total. The molecule has 4 bridgehead atoms. The van der Waals surface area contributed by atoms with Crippen LogP contribution in [0.3, 0.4) is 0 Å². The van der Waals surface area contributed by atoms with E-state index in [4.69, 9.17) is 16.2 Å². The summed E-state index contributed by atoms with van der Waals surface area (Å²) >= 11 is 0. The molecule has 0 aromatic heterocycles. The van der Waals surface area contributed by atoms with Crippen LogP contribution < -0.4 is 26.8 Å². The second kappa shape index (κ2) is 6.87. The van der Waals surface area contributed by atoms with Crippen molar-refractivity contribution in [1.82, 2.24) is 5.43 Å². The number of rotatable bonds is 5. The number of ether oxygens (including phenoxy) is 1. The fraction of sp³-hybridized carbons (Fsp3) is 0.455. The summed E-state index contributed by atoms with van der Waals surface area (Å²) in [6.07, 6.45) is 6.56. The number of hydrogen-bond donors (Lipinski definition) is 3. The van der Waals surface area contributed by atoms with E-state index < -0.39 is 0 Å². The first-order chi connectivity index (χ1) is 13.5. The Morgan fingerprint density at radius 1 is 0.893 bits per heavy atom. The van der Waals surface area contributed by atoms with Gasteiger partial charge in [0, 0.05) is 23.5 Å². The van der Waals surface area contributed by atoms with Crippen molar-refractivity contribution in [3.63, 3.8) is 0 Å². The number of nitrogens with zero attached hydrogens (tertiary/aromatic N) is 1. The molecule has 4 aliphatic carbocycles. The predicted molar refractivity (Wildman–Crippen MR) is 112 cm³/mol. The highest BCUT2D eigenvalue weighted by Crippen LogP contribution is 2.53. The van der Waals surface area contributed by atoms with Gasteiger partial charge >= 0.3 is 0 Å². The van der Waals surface area contributed by atoms with E-state index in [1.165, 1.54) is 32.1 Å². The molecule has 0 unspecified atom stereocenters. The maximum Gasteiger partial charge on any atom is 0.152 e. The van der Waals surface area contributed by atoms with Crippen molar-refractivity contribution in [2.45, 2.75) is 38.1 Å². The molecule has 4 saturated carbocycles. The normalized spacial score (nSPS) is 30.4. The second-order valence-corrected chi connectivity index (χ2v) is 8.77. The molecule has 0 spiro atoms. The van der Waals surface area contributed by atoms with Gasteiger partial charge in [-0.15, -0.1) is 0 Å². The van der Waals surface area contributed by atoms with Crippen molar-refractivity contribution >= 4 is 17.1 Å². The molecule has 2 aromatic rings. The Bertz CT molecular complexity index is 826. The zero-order chi connectivity index (χ0) is 19.3. The molecule has 0 heterocycles. The second-order valence-electron chi connectivity index (χ2n) is 8.77. The van der Waals surface area contributed by atoms with E-state index in [-0.39, 0.29) is 0 Å². The van der Waals surface area contributed by atoms with Gasteiger partial charge in [-0.25, -0.2) is 5.43 Å². The monoisotopic (exact) mass is 379 g/mol. The van der Waals surface area contributed by atoms with E-state index in [1.807, 2.05) is 0 Å². The summed E-state index contributed by atoms with van der Waals surface area (Å²) in [5.41, 5.74) is 16.7. The molecule has 0 aliphatic heterocycles. The molecule has 6 nitrogen and oxygen atoms in total. The summed E-state index contributed by atoms with van der Waals surface area (Å²) in [4.78, 5) is 0. The number of nitrogens with two attached hydrogens (primary N) is 2. The summed E-state index contributed by atoms with van der Waals surface area (Å²) in [6.45, 7) is 0. The molecule has 0 amide bonds. The minimum Gasteiger partial charge on any atom is -0.743 e. The summed E-state index contributed by atoms with van der Waals surface area (Å²) in [6, 6.07) is 12.6. The summed E-state index contributed by atoms with van der Waals surface area (Å²) in [7, 11) is 0. The molecule has 28 heavy (non-hydrogen) atoms. The van der Waals surface area contributed by atoms with Crippen LogP contribution in [-0.4, -0.2) is 6.04 Å².